The second kappa shape index (κ2) is 6.72. The van der Waals surface area contributed by atoms with Gasteiger partial charge >= 0.3 is 5.97 Å². The zero-order valence-electron chi connectivity index (χ0n) is 12.1. The van der Waals surface area contributed by atoms with Crippen molar-refractivity contribution < 1.29 is 28.2 Å². The van der Waals surface area contributed by atoms with Gasteiger partial charge < -0.3 is 15.2 Å². The lowest BCUT2D eigenvalue weighted by Crippen LogP contribution is -2.29. The fourth-order valence-corrected chi connectivity index (χ4v) is 2.62. The number of anilines is 1. The van der Waals surface area contributed by atoms with E-state index in [-0.39, 0.29) is 17.4 Å². The van der Waals surface area contributed by atoms with E-state index < -0.39 is 29.4 Å². The molecule has 0 atom stereocenters. The van der Waals surface area contributed by atoms with E-state index in [1.54, 1.807) is 0 Å². The number of carboxylic acid groups (broad SMARTS) is 1. The van der Waals surface area contributed by atoms with Crippen molar-refractivity contribution in [1.82, 2.24) is 0 Å². The third-order valence-electron chi connectivity index (χ3n) is 3.95. The van der Waals surface area contributed by atoms with Gasteiger partial charge in [0.05, 0.1) is 18.7 Å². The third-order valence-corrected chi connectivity index (χ3v) is 3.95. The summed E-state index contributed by atoms with van der Waals surface area (Å²) in [7, 11) is 1.22. The van der Waals surface area contributed by atoms with E-state index in [1.165, 1.54) is 7.11 Å². The number of carbonyl (C=O) groups is 2. The Hall–Kier alpha value is -2.18. The lowest BCUT2D eigenvalue weighted by molar-refractivity contribution is -0.143. The maximum atomic E-state index is 13.8. The van der Waals surface area contributed by atoms with Gasteiger partial charge in [-0.2, -0.15) is 0 Å². The van der Waals surface area contributed by atoms with E-state index in [0.717, 1.165) is 12.1 Å². The van der Waals surface area contributed by atoms with E-state index in [9.17, 15) is 18.4 Å². The number of halogens is 2. The van der Waals surface area contributed by atoms with Crippen molar-refractivity contribution >= 4 is 17.6 Å². The molecule has 0 unspecified atom stereocenters. The summed E-state index contributed by atoms with van der Waals surface area (Å²) in [5.74, 6) is -3.90. The van der Waals surface area contributed by atoms with Gasteiger partial charge in [-0.1, -0.05) is 0 Å². The van der Waals surface area contributed by atoms with Crippen LogP contribution < -0.4 is 10.1 Å². The number of rotatable bonds is 4. The quantitative estimate of drug-likeness (QED) is 0.896. The normalized spacial score (nSPS) is 21.2. The van der Waals surface area contributed by atoms with Crippen molar-refractivity contribution in [3.63, 3.8) is 0 Å². The number of carboxylic acids is 1. The van der Waals surface area contributed by atoms with Crippen LogP contribution in [0.15, 0.2) is 12.1 Å². The molecule has 2 N–H and O–H groups in total. The highest BCUT2D eigenvalue weighted by Crippen LogP contribution is 2.31. The Morgan fingerprint density at radius 3 is 2.27 bits per heavy atom. The topological polar surface area (TPSA) is 75.6 Å². The first-order chi connectivity index (χ1) is 10.4. The molecule has 0 radical (unpaired) electrons. The smallest absolute Gasteiger partial charge is 0.306 e. The average Bonchev–Trinajstić information content (AvgIpc) is 2.50. The van der Waals surface area contributed by atoms with Crippen LogP contribution >= 0.6 is 0 Å². The molecule has 1 fully saturated rings. The molecule has 1 saturated carbocycles. The molecular weight excluding hydrogens is 296 g/mol. The molecule has 1 aliphatic carbocycles. The number of hydrogen-bond donors (Lipinski definition) is 2. The SMILES string of the molecule is COc1cc(F)c(NC(=O)C2CCC(C(=O)O)CC2)cc1F. The molecule has 22 heavy (non-hydrogen) atoms. The molecule has 1 aromatic carbocycles. The molecule has 120 valence electrons. The summed E-state index contributed by atoms with van der Waals surface area (Å²) < 4.78 is 32.0. The Morgan fingerprint density at radius 1 is 1.14 bits per heavy atom. The van der Waals surface area contributed by atoms with Crippen LogP contribution in [-0.2, 0) is 9.59 Å². The van der Waals surface area contributed by atoms with E-state index in [4.69, 9.17) is 5.11 Å². The highest BCUT2D eigenvalue weighted by molar-refractivity contribution is 5.93. The van der Waals surface area contributed by atoms with Gasteiger partial charge in [-0.15, -0.1) is 0 Å². The summed E-state index contributed by atoms with van der Waals surface area (Å²) >= 11 is 0. The fourth-order valence-electron chi connectivity index (χ4n) is 2.62. The lowest BCUT2D eigenvalue weighted by Gasteiger charge is -2.25. The molecule has 1 amide bonds. The van der Waals surface area contributed by atoms with Crippen LogP contribution in [0.3, 0.4) is 0 Å². The third kappa shape index (κ3) is 3.52. The van der Waals surface area contributed by atoms with Gasteiger partial charge in [0, 0.05) is 18.1 Å². The summed E-state index contributed by atoms with van der Waals surface area (Å²) in [6, 6.07) is 1.74. The first-order valence-electron chi connectivity index (χ1n) is 6.99. The van der Waals surface area contributed by atoms with Crippen molar-refractivity contribution in [3.8, 4) is 5.75 Å². The number of aliphatic carboxylic acids is 1. The summed E-state index contributed by atoms with van der Waals surface area (Å²) in [5.41, 5.74) is -0.247. The van der Waals surface area contributed by atoms with Crippen molar-refractivity contribution in [2.75, 3.05) is 12.4 Å². The van der Waals surface area contributed by atoms with Gasteiger partial charge in [-0.25, -0.2) is 8.78 Å². The molecule has 1 aromatic rings. The fraction of sp³-hybridized carbons (Fsp3) is 0.467. The van der Waals surface area contributed by atoms with Gasteiger partial charge in [0.2, 0.25) is 5.91 Å². The van der Waals surface area contributed by atoms with Crippen LogP contribution in [0.1, 0.15) is 25.7 Å². The molecule has 7 heteroatoms. The van der Waals surface area contributed by atoms with E-state index in [2.05, 4.69) is 10.1 Å². The predicted octanol–water partition coefficient (Wildman–Crippen LogP) is 2.80. The average molecular weight is 313 g/mol. The Balaban J connectivity index is 2.01. The van der Waals surface area contributed by atoms with Crippen LogP contribution in [0.2, 0.25) is 0 Å². The largest absolute Gasteiger partial charge is 0.494 e. The molecule has 0 bridgehead atoms. The highest BCUT2D eigenvalue weighted by Gasteiger charge is 2.30. The predicted molar refractivity (Wildman–Crippen MR) is 74.6 cm³/mol. The van der Waals surface area contributed by atoms with Gasteiger partial charge in [-0.05, 0) is 25.7 Å². The van der Waals surface area contributed by atoms with Crippen LogP contribution in [-0.4, -0.2) is 24.1 Å². The minimum absolute atomic E-state index is 0.238. The Bertz CT molecular complexity index is 583. The Labute approximate surface area is 126 Å². The van der Waals surface area contributed by atoms with E-state index in [0.29, 0.717) is 25.7 Å². The number of nitrogens with one attached hydrogen (secondary N) is 1. The number of methoxy groups -OCH3 is 1. The maximum absolute atomic E-state index is 13.8. The molecule has 0 saturated heterocycles. The van der Waals surface area contributed by atoms with Crippen molar-refractivity contribution in [2.45, 2.75) is 25.7 Å². The summed E-state index contributed by atoms with van der Waals surface area (Å²) in [6.07, 6.45) is 1.66. The number of amides is 1. The van der Waals surface area contributed by atoms with Crippen LogP contribution in [0.5, 0.6) is 5.75 Å². The zero-order valence-corrected chi connectivity index (χ0v) is 12.1. The molecule has 0 aromatic heterocycles. The van der Waals surface area contributed by atoms with Crippen LogP contribution in [0.25, 0.3) is 0 Å². The van der Waals surface area contributed by atoms with E-state index in [1.807, 2.05) is 0 Å². The molecular formula is C15H17F2NO4. The first kappa shape index (κ1) is 16.2. The molecule has 5 nitrogen and oxygen atoms in total. The monoisotopic (exact) mass is 313 g/mol. The summed E-state index contributed by atoms with van der Waals surface area (Å²) in [4.78, 5) is 22.9. The molecule has 0 spiro atoms. The Kier molecular flexibility index (Phi) is 4.95. The number of benzene rings is 1. The van der Waals surface area contributed by atoms with Crippen LogP contribution in [0, 0.1) is 23.5 Å². The zero-order chi connectivity index (χ0) is 16.3. The van der Waals surface area contributed by atoms with Gasteiger partial charge in [0.1, 0.15) is 0 Å². The second-order valence-electron chi connectivity index (χ2n) is 5.34. The molecule has 2 rings (SSSR count). The standard InChI is InChI=1S/C15H17F2NO4/c1-22-13-7-10(16)12(6-11(13)17)18-14(19)8-2-4-9(5-3-8)15(20)21/h6-9H,2-5H2,1H3,(H,18,19)(H,20,21). The molecule has 0 aliphatic heterocycles. The number of hydrogen-bond acceptors (Lipinski definition) is 3. The van der Waals surface area contributed by atoms with Gasteiger partial charge in [0.25, 0.3) is 0 Å². The van der Waals surface area contributed by atoms with Crippen LogP contribution in [0.4, 0.5) is 14.5 Å². The number of carbonyl (C=O) groups excluding carboxylic acids is 1. The highest BCUT2D eigenvalue weighted by atomic mass is 19.1. The summed E-state index contributed by atoms with van der Waals surface area (Å²) in [6.45, 7) is 0. The molecule has 1 aliphatic rings. The van der Waals surface area contributed by atoms with Crippen molar-refractivity contribution in [2.24, 2.45) is 11.8 Å². The molecule has 0 heterocycles. The minimum atomic E-state index is -0.859. The number of ether oxygens (including phenoxy) is 1. The van der Waals surface area contributed by atoms with Crippen molar-refractivity contribution in [3.05, 3.63) is 23.8 Å². The Morgan fingerprint density at radius 2 is 1.73 bits per heavy atom. The first-order valence-corrected chi connectivity index (χ1v) is 6.99. The van der Waals surface area contributed by atoms with E-state index >= 15 is 0 Å². The van der Waals surface area contributed by atoms with Gasteiger partial charge in [-0.3, -0.25) is 9.59 Å². The lowest BCUT2D eigenvalue weighted by atomic mass is 9.81. The second-order valence-corrected chi connectivity index (χ2v) is 5.34. The minimum Gasteiger partial charge on any atom is -0.494 e. The van der Waals surface area contributed by atoms with Crippen molar-refractivity contribution in [1.29, 1.82) is 0 Å². The van der Waals surface area contributed by atoms with Gasteiger partial charge in [0.15, 0.2) is 17.4 Å². The summed E-state index contributed by atoms with van der Waals surface area (Å²) in [5, 5.41) is 11.3. The maximum Gasteiger partial charge on any atom is 0.306 e.